The molecule has 2 heterocycles. The maximum Gasteiger partial charge on any atom is 0.297 e. The largest absolute Gasteiger partial charge is 0.407 e. The molecule has 0 bridgehead atoms. The molecule has 0 aromatic carbocycles. The molecule has 1 aromatic heterocycles. The first-order chi connectivity index (χ1) is 8.81. The van der Waals surface area contributed by atoms with Crippen molar-refractivity contribution in [2.75, 3.05) is 26.3 Å². The van der Waals surface area contributed by atoms with Crippen molar-refractivity contribution in [3.63, 3.8) is 0 Å². The molecular weight excluding hydrogens is 236 g/mol. The minimum Gasteiger partial charge on any atom is -0.407 e. The topological polar surface area (TPSA) is 59.7 Å². The third-order valence-corrected chi connectivity index (χ3v) is 2.73. The zero-order valence-corrected chi connectivity index (χ0v) is 9.95. The van der Waals surface area contributed by atoms with E-state index in [1.165, 1.54) is 0 Å². The zero-order valence-electron chi connectivity index (χ0n) is 9.95. The van der Waals surface area contributed by atoms with Crippen LogP contribution in [-0.4, -0.2) is 43.6 Å². The van der Waals surface area contributed by atoms with Gasteiger partial charge in [0, 0.05) is 25.2 Å². The molecule has 0 radical (unpaired) electrons. The van der Waals surface area contributed by atoms with Gasteiger partial charge in [-0.2, -0.15) is 4.57 Å². The molecule has 6 nitrogen and oxygen atoms in total. The molecule has 0 aliphatic carbocycles. The maximum absolute atomic E-state index is 12.1. The van der Waals surface area contributed by atoms with Gasteiger partial charge in [0.1, 0.15) is 0 Å². The predicted octanol–water partition coefficient (Wildman–Crippen LogP) is -0.423. The second-order valence-corrected chi connectivity index (χ2v) is 3.90. The van der Waals surface area contributed by atoms with E-state index in [1.54, 1.807) is 34.0 Å². The first kappa shape index (κ1) is 12.5. The average Bonchev–Trinajstić information content (AvgIpc) is 2.46. The highest BCUT2D eigenvalue weighted by atomic mass is 16.5. The van der Waals surface area contributed by atoms with Gasteiger partial charge in [0.05, 0.1) is 18.8 Å². The minimum atomic E-state index is 0.00163. The molecule has 1 aromatic rings. The lowest BCUT2D eigenvalue weighted by Crippen LogP contribution is -2.41. The molecule has 1 fully saturated rings. The third kappa shape index (κ3) is 3.04. The first-order valence-electron chi connectivity index (χ1n) is 5.72. The Labute approximate surface area is 105 Å². The Kier molecular flexibility index (Phi) is 4.25. The van der Waals surface area contributed by atoms with Gasteiger partial charge in [0.2, 0.25) is 0 Å². The molecule has 18 heavy (non-hydrogen) atoms. The van der Waals surface area contributed by atoms with Crippen molar-refractivity contribution < 1.29 is 23.6 Å². The molecule has 0 atom stereocenters. The number of hydrogen-bond acceptors (Lipinski definition) is 4. The number of hydrogen-bond donors (Lipinski definition) is 0. The molecule has 0 unspecified atom stereocenters. The molecule has 1 aliphatic rings. The number of ether oxygens (including phenoxy) is 2. The molecule has 1 aliphatic heterocycles. The summed E-state index contributed by atoms with van der Waals surface area (Å²) in [4.78, 5) is 23.9. The summed E-state index contributed by atoms with van der Waals surface area (Å²) in [5.74, 6) is 0.00163. The number of aromatic nitrogens is 1. The Balaban J connectivity index is 1.99. The van der Waals surface area contributed by atoms with Crippen molar-refractivity contribution in [2.24, 2.45) is 0 Å². The van der Waals surface area contributed by atoms with Gasteiger partial charge in [0.15, 0.2) is 12.4 Å². The number of amides is 1. The monoisotopic (exact) mass is 251 g/mol. The van der Waals surface area contributed by atoms with Gasteiger partial charge >= 0.3 is 0 Å². The fraction of sp³-hybridized carbons (Fsp3) is 0.417. The lowest BCUT2D eigenvalue weighted by molar-refractivity contribution is -0.727. The van der Waals surface area contributed by atoms with Crippen LogP contribution < -0.4 is 4.57 Å². The molecule has 96 valence electrons. The van der Waals surface area contributed by atoms with Crippen LogP contribution in [0, 0.1) is 0 Å². The summed E-state index contributed by atoms with van der Waals surface area (Å²) in [6, 6.07) is 3.43. The Morgan fingerprint density at radius 1 is 1.39 bits per heavy atom. The highest BCUT2D eigenvalue weighted by Gasteiger charge is 2.19. The van der Waals surface area contributed by atoms with Crippen molar-refractivity contribution in [1.29, 1.82) is 0 Å². The molecular formula is C12H15N2O4+. The molecule has 1 amide bonds. The van der Waals surface area contributed by atoms with Crippen LogP contribution in [0.25, 0.3) is 0 Å². The smallest absolute Gasteiger partial charge is 0.297 e. The average molecular weight is 251 g/mol. The number of rotatable bonds is 4. The normalized spacial score (nSPS) is 15.2. The number of pyridine rings is 1. The van der Waals surface area contributed by atoms with E-state index in [0.29, 0.717) is 38.3 Å². The number of nitrogens with zero attached hydrogens (tertiary/aromatic N) is 2. The van der Waals surface area contributed by atoms with Crippen molar-refractivity contribution >= 4 is 12.4 Å². The van der Waals surface area contributed by atoms with Gasteiger partial charge in [-0.25, -0.2) is 0 Å². The highest BCUT2D eigenvalue weighted by molar-refractivity contribution is 5.94. The second-order valence-electron chi connectivity index (χ2n) is 3.90. The van der Waals surface area contributed by atoms with Crippen LogP contribution in [0.15, 0.2) is 24.5 Å². The lowest BCUT2D eigenvalue weighted by Gasteiger charge is -2.26. The fourth-order valence-electron chi connectivity index (χ4n) is 1.75. The Morgan fingerprint density at radius 3 is 2.67 bits per heavy atom. The third-order valence-electron chi connectivity index (χ3n) is 2.73. The summed E-state index contributed by atoms with van der Waals surface area (Å²) in [5, 5.41) is 0. The number of morpholine rings is 1. The van der Waals surface area contributed by atoms with Gasteiger partial charge in [-0.1, -0.05) is 0 Å². The van der Waals surface area contributed by atoms with E-state index in [2.05, 4.69) is 4.74 Å². The van der Waals surface area contributed by atoms with Crippen molar-refractivity contribution in [1.82, 2.24) is 4.90 Å². The second kappa shape index (κ2) is 6.11. The van der Waals surface area contributed by atoms with Crippen LogP contribution in [0.1, 0.15) is 10.4 Å². The van der Waals surface area contributed by atoms with Crippen LogP contribution in [0.5, 0.6) is 0 Å². The molecule has 6 heteroatoms. The summed E-state index contributed by atoms with van der Waals surface area (Å²) in [5.41, 5.74) is 0.624. The first-order valence-corrected chi connectivity index (χ1v) is 5.72. The van der Waals surface area contributed by atoms with E-state index in [0.717, 1.165) is 0 Å². The molecule has 0 saturated carbocycles. The van der Waals surface area contributed by atoms with Crippen LogP contribution in [0.4, 0.5) is 0 Å². The SMILES string of the molecule is O=COC[n+]1ccc(C(=O)N2CCOCC2)cc1. The minimum absolute atomic E-state index is 0.00163. The van der Waals surface area contributed by atoms with Gasteiger partial charge in [-0.05, 0) is 0 Å². The van der Waals surface area contributed by atoms with Crippen LogP contribution >= 0.6 is 0 Å². The van der Waals surface area contributed by atoms with E-state index < -0.39 is 0 Å². The maximum atomic E-state index is 12.1. The summed E-state index contributed by atoms with van der Waals surface area (Å²) in [6.45, 7) is 2.97. The van der Waals surface area contributed by atoms with E-state index in [4.69, 9.17) is 4.74 Å². The molecule has 0 N–H and O–H groups in total. The van der Waals surface area contributed by atoms with Gasteiger partial charge in [0.25, 0.3) is 19.1 Å². The van der Waals surface area contributed by atoms with Crippen molar-refractivity contribution in [3.05, 3.63) is 30.1 Å². The van der Waals surface area contributed by atoms with Gasteiger partial charge < -0.3 is 14.4 Å². The predicted molar refractivity (Wildman–Crippen MR) is 60.5 cm³/mol. The highest BCUT2D eigenvalue weighted by Crippen LogP contribution is 2.05. The summed E-state index contributed by atoms with van der Waals surface area (Å²) < 4.78 is 11.5. The van der Waals surface area contributed by atoms with Crippen LogP contribution in [0.3, 0.4) is 0 Å². The van der Waals surface area contributed by atoms with E-state index >= 15 is 0 Å². The Morgan fingerprint density at radius 2 is 2.06 bits per heavy atom. The van der Waals surface area contributed by atoms with Gasteiger partial charge in [-0.15, -0.1) is 0 Å². The Hall–Kier alpha value is -1.95. The summed E-state index contributed by atoms with van der Waals surface area (Å²) in [6.07, 6.45) is 3.41. The standard InChI is InChI=1S/C12H15N2O4/c15-10-18-9-13-3-1-11(2-4-13)12(16)14-5-7-17-8-6-14/h1-4,10H,5-9H2/q+1. The van der Waals surface area contributed by atoms with Gasteiger partial charge in [-0.3, -0.25) is 9.59 Å². The van der Waals surface area contributed by atoms with E-state index in [1.807, 2.05) is 0 Å². The van der Waals surface area contributed by atoms with Crippen molar-refractivity contribution in [2.45, 2.75) is 6.73 Å². The lowest BCUT2D eigenvalue weighted by atomic mass is 10.2. The van der Waals surface area contributed by atoms with E-state index in [9.17, 15) is 9.59 Å². The quantitative estimate of drug-likeness (QED) is 0.538. The number of carbonyl (C=O) groups excluding carboxylic acids is 2. The molecule has 1 saturated heterocycles. The van der Waals surface area contributed by atoms with Crippen LogP contribution in [0.2, 0.25) is 0 Å². The zero-order chi connectivity index (χ0) is 12.8. The van der Waals surface area contributed by atoms with Crippen LogP contribution in [-0.2, 0) is 21.0 Å². The summed E-state index contributed by atoms with van der Waals surface area (Å²) in [7, 11) is 0. The summed E-state index contributed by atoms with van der Waals surface area (Å²) >= 11 is 0. The Bertz CT molecular complexity index is 413. The van der Waals surface area contributed by atoms with Crippen molar-refractivity contribution in [3.8, 4) is 0 Å². The molecule has 2 rings (SSSR count). The fourth-order valence-corrected chi connectivity index (χ4v) is 1.75. The number of carbonyl (C=O) groups is 2. The van der Waals surface area contributed by atoms with E-state index in [-0.39, 0.29) is 12.6 Å². The molecule has 0 spiro atoms.